The van der Waals surface area contributed by atoms with Gasteiger partial charge in [-0.25, -0.2) is 0 Å². The molecule has 0 saturated carbocycles. The Bertz CT molecular complexity index is 498. The zero-order valence-corrected chi connectivity index (χ0v) is 12.7. The Kier molecular flexibility index (Phi) is 5.39. The van der Waals surface area contributed by atoms with Crippen LogP contribution in [-0.4, -0.2) is 50.3 Å². The van der Waals surface area contributed by atoms with Gasteiger partial charge in [-0.15, -0.1) is 0 Å². The van der Waals surface area contributed by atoms with Gasteiger partial charge in [0, 0.05) is 26.7 Å². The van der Waals surface area contributed by atoms with Crippen LogP contribution >= 0.6 is 0 Å². The summed E-state index contributed by atoms with van der Waals surface area (Å²) in [6.45, 7) is 1.97. The minimum atomic E-state index is -3.33. The minimum absolute atomic E-state index is 0.355. The third-order valence-electron chi connectivity index (χ3n) is 3.45. The average Bonchev–Trinajstić information content (AvgIpc) is 2.49. The van der Waals surface area contributed by atoms with E-state index in [1.807, 2.05) is 30.3 Å². The van der Waals surface area contributed by atoms with Gasteiger partial charge in [0.1, 0.15) is 12.4 Å². The Morgan fingerprint density at radius 2 is 1.80 bits per heavy atom. The van der Waals surface area contributed by atoms with Gasteiger partial charge in [-0.05, 0) is 25.0 Å². The Labute approximate surface area is 121 Å². The first-order valence-corrected chi connectivity index (χ1v) is 8.39. The molecular weight excluding hydrogens is 276 g/mol. The number of rotatable bonds is 6. The van der Waals surface area contributed by atoms with Gasteiger partial charge in [0.15, 0.2) is 0 Å². The summed E-state index contributed by atoms with van der Waals surface area (Å²) in [5, 5.41) is 0. The lowest BCUT2D eigenvalue weighted by atomic mass is 10.2. The Balaban J connectivity index is 1.83. The molecule has 6 heteroatoms. The zero-order valence-electron chi connectivity index (χ0n) is 11.9. The van der Waals surface area contributed by atoms with Crippen LogP contribution in [0.25, 0.3) is 0 Å². The van der Waals surface area contributed by atoms with E-state index >= 15 is 0 Å². The van der Waals surface area contributed by atoms with E-state index in [1.54, 1.807) is 11.4 Å². The summed E-state index contributed by atoms with van der Waals surface area (Å²) < 4.78 is 33.1. The van der Waals surface area contributed by atoms with Crippen LogP contribution in [0.2, 0.25) is 0 Å². The molecule has 1 fully saturated rings. The zero-order chi connectivity index (χ0) is 14.4. The smallest absolute Gasteiger partial charge is 0.281 e. The van der Waals surface area contributed by atoms with E-state index in [0.29, 0.717) is 26.2 Å². The molecule has 0 radical (unpaired) electrons. The molecule has 112 valence electrons. The maximum Gasteiger partial charge on any atom is 0.281 e. The maximum absolute atomic E-state index is 12.3. The summed E-state index contributed by atoms with van der Waals surface area (Å²) in [4.78, 5) is 0. The van der Waals surface area contributed by atoms with E-state index in [9.17, 15) is 8.42 Å². The van der Waals surface area contributed by atoms with Crippen LogP contribution in [0.3, 0.4) is 0 Å². The van der Waals surface area contributed by atoms with Gasteiger partial charge < -0.3 is 4.74 Å². The van der Waals surface area contributed by atoms with Gasteiger partial charge in [-0.2, -0.15) is 17.0 Å². The van der Waals surface area contributed by atoms with Crippen molar-refractivity contribution in [2.24, 2.45) is 0 Å². The second-order valence-electron chi connectivity index (χ2n) is 4.95. The summed E-state index contributed by atoms with van der Waals surface area (Å²) in [5.41, 5.74) is 0. The number of hydrogen-bond donors (Lipinski definition) is 0. The third kappa shape index (κ3) is 3.94. The minimum Gasteiger partial charge on any atom is -0.492 e. The summed E-state index contributed by atoms with van der Waals surface area (Å²) in [5.74, 6) is 0.760. The van der Waals surface area contributed by atoms with Crippen molar-refractivity contribution in [2.45, 2.75) is 19.3 Å². The highest BCUT2D eigenvalue weighted by Crippen LogP contribution is 2.15. The van der Waals surface area contributed by atoms with Gasteiger partial charge >= 0.3 is 0 Å². The van der Waals surface area contributed by atoms with Crippen LogP contribution in [0.4, 0.5) is 0 Å². The van der Waals surface area contributed by atoms with E-state index < -0.39 is 10.2 Å². The lowest BCUT2D eigenvalue weighted by Gasteiger charge is -2.30. The van der Waals surface area contributed by atoms with Crippen molar-refractivity contribution < 1.29 is 13.2 Å². The second kappa shape index (κ2) is 7.06. The summed E-state index contributed by atoms with van der Waals surface area (Å²) >= 11 is 0. The fraction of sp³-hybridized carbons (Fsp3) is 0.571. The largest absolute Gasteiger partial charge is 0.492 e. The van der Waals surface area contributed by atoms with Crippen LogP contribution in [0.1, 0.15) is 19.3 Å². The molecule has 1 aromatic carbocycles. The topological polar surface area (TPSA) is 49.9 Å². The molecule has 0 aromatic heterocycles. The predicted octanol–water partition coefficient (Wildman–Crippen LogP) is 1.73. The second-order valence-corrected chi connectivity index (χ2v) is 6.99. The Morgan fingerprint density at radius 1 is 1.15 bits per heavy atom. The van der Waals surface area contributed by atoms with Crippen LogP contribution in [-0.2, 0) is 10.2 Å². The number of likely N-dealkylation sites (N-methyl/N-ethyl adjacent to an activating group) is 1. The summed E-state index contributed by atoms with van der Waals surface area (Å²) in [6.07, 6.45) is 3.02. The quantitative estimate of drug-likeness (QED) is 0.803. The van der Waals surface area contributed by atoms with Gasteiger partial charge in [0.05, 0.1) is 0 Å². The van der Waals surface area contributed by atoms with Crippen molar-refractivity contribution in [3.8, 4) is 5.75 Å². The standard InChI is InChI=1S/C14H22N2O3S/c1-15(12-13-19-14-8-4-2-5-9-14)20(17,18)16-10-6-3-7-11-16/h2,4-5,8-9H,3,6-7,10-13H2,1H3. The highest BCUT2D eigenvalue weighted by Gasteiger charge is 2.27. The van der Waals surface area contributed by atoms with Gasteiger partial charge in [-0.1, -0.05) is 24.6 Å². The predicted molar refractivity (Wildman–Crippen MR) is 78.9 cm³/mol. The molecule has 20 heavy (non-hydrogen) atoms. The monoisotopic (exact) mass is 298 g/mol. The number of hydrogen-bond acceptors (Lipinski definition) is 3. The summed E-state index contributed by atoms with van der Waals surface area (Å²) in [6, 6.07) is 9.42. The molecule has 0 N–H and O–H groups in total. The SMILES string of the molecule is CN(CCOc1ccccc1)S(=O)(=O)N1CCCCC1. The molecule has 0 amide bonds. The highest BCUT2D eigenvalue weighted by molar-refractivity contribution is 7.86. The van der Waals surface area contributed by atoms with E-state index in [0.717, 1.165) is 25.0 Å². The molecule has 2 rings (SSSR count). The molecule has 0 bridgehead atoms. The number of piperidine rings is 1. The van der Waals surface area contributed by atoms with Crippen molar-refractivity contribution in [1.82, 2.24) is 8.61 Å². The van der Waals surface area contributed by atoms with Crippen LogP contribution < -0.4 is 4.74 Å². The van der Waals surface area contributed by atoms with Crippen molar-refractivity contribution in [1.29, 1.82) is 0 Å². The molecule has 0 spiro atoms. The fourth-order valence-corrected chi connectivity index (χ4v) is 3.64. The van der Waals surface area contributed by atoms with E-state index in [-0.39, 0.29) is 0 Å². The first-order valence-electron chi connectivity index (χ1n) is 7.00. The molecule has 0 unspecified atom stereocenters. The molecule has 1 aliphatic heterocycles. The van der Waals surface area contributed by atoms with Crippen molar-refractivity contribution in [2.75, 3.05) is 33.3 Å². The molecule has 1 saturated heterocycles. The van der Waals surface area contributed by atoms with E-state index in [2.05, 4.69) is 0 Å². The van der Waals surface area contributed by atoms with Crippen molar-refractivity contribution in [3.05, 3.63) is 30.3 Å². The summed E-state index contributed by atoms with van der Waals surface area (Å²) in [7, 11) is -1.72. The molecule has 1 aromatic rings. The molecular formula is C14H22N2O3S. The van der Waals surface area contributed by atoms with Crippen LogP contribution in [0, 0.1) is 0 Å². The number of benzene rings is 1. The Morgan fingerprint density at radius 3 is 2.45 bits per heavy atom. The molecule has 0 aliphatic carbocycles. The normalized spacial score (nSPS) is 17.3. The van der Waals surface area contributed by atoms with Crippen LogP contribution in [0.15, 0.2) is 30.3 Å². The molecule has 5 nitrogen and oxygen atoms in total. The number of ether oxygens (including phenoxy) is 1. The van der Waals surface area contributed by atoms with Gasteiger partial charge in [0.25, 0.3) is 10.2 Å². The van der Waals surface area contributed by atoms with E-state index in [4.69, 9.17) is 4.74 Å². The average molecular weight is 298 g/mol. The lowest BCUT2D eigenvalue weighted by Crippen LogP contribution is -2.45. The molecule has 1 aliphatic rings. The first-order chi connectivity index (χ1) is 9.60. The van der Waals surface area contributed by atoms with Crippen LogP contribution in [0.5, 0.6) is 5.75 Å². The third-order valence-corrected chi connectivity index (χ3v) is 5.44. The number of nitrogens with zero attached hydrogens (tertiary/aromatic N) is 2. The van der Waals surface area contributed by atoms with Crippen molar-refractivity contribution >= 4 is 10.2 Å². The van der Waals surface area contributed by atoms with Gasteiger partial charge in [-0.3, -0.25) is 0 Å². The van der Waals surface area contributed by atoms with E-state index in [1.165, 1.54) is 4.31 Å². The fourth-order valence-electron chi connectivity index (χ4n) is 2.22. The highest BCUT2D eigenvalue weighted by atomic mass is 32.2. The number of para-hydroxylation sites is 1. The maximum atomic E-state index is 12.3. The Hall–Kier alpha value is -1.11. The molecule has 1 heterocycles. The van der Waals surface area contributed by atoms with Gasteiger partial charge in [0.2, 0.25) is 0 Å². The van der Waals surface area contributed by atoms with Crippen molar-refractivity contribution in [3.63, 3.8) is 0 Å². The lowest BCUT2D eigenvalue weighted by molar-refractivity contribution is 0.268. The molecule has 0 atom stereocenters. The first kappa shape index (κ1) is 15.3.